The molecule has 1 aliphatic rings. The first-order valence-corrected chi connectivity index (χ1v) is 9.21. The van der Waals surface area contributed by atoms with Gasteiger partial charge in [-0.15, -0.1) is 0 Å². The number of aromatic nitrogens is 6. The van der Waals surface area contributed by atoms with Crippen molar-refractivity contribution in [2.75, 3.05) is 18.5 Å². The molecule has 8 heteroatoms. The lowest BCUT2D eigenvalue weighted by molar-refractivity contribution is 0.353. The molecular weight excluding hydrogens is 354 g/mol. The largest absolute Gasteiger partial charge is 0.491 e. The number of ether oxygens (including phenoxy) is 1. The van der Waals surface area contributed by atoms with E-state index in [1.165, 1.54) is 5.56 Å². The third-order valence-corrected chi connectivity index (χ3v) is 4.88. The van der Waals surface area contributed by atoms with Gasteiger partial charge < -0.3 is 10.1 Å². The number of fused-ring (bicyclic) bond motifs is 2. The Morgan fingerprint density at radius 2 is 2.11 bits per heavy atom. The Labute approximate surface area is 161 Å². The summed E-state index contributed by atoms with van der Waals surface area (Å²) in [7, 11) is 1.88. The Balaban J connectivity index is 1.31. The molecule has 0 saturated heterocycles. The van der Waals surface area contributed by atoms with E-state index >= 15 is 0 Å². The van der Waals surface area contributed by atoms with Gasteiger partial charge >= 0.3 is 0 Å². The highest BCUT2D eigenvalue weighted by atomic mass is 16.5. The quantitative estimate of drug-likeness (QED) is 0.574. The van der Waals surface area contributed by atoms with E-state index < -0.39 is 0 Å². The molecule has 0 saturated carbocycles. The lowest BCUT2D eigenvalue weighted by Crippen LogP contribution is -2.07. The molecule has 28 heavy (non-hydrogen) atoms. The molecule has 0 aliphatic carbocycles. The van der Waals surface area contributed by atoms with Crippen molar-refractivity contribution in [2.45, 2.75) is 12.8 Å². The number of nitrogens with zero attached hydrogens (tertiary/aromatic N) is 6. The molecule has 0 aromatic carbocycles. The Morgan fingerprint density at radius 1 is 1.14 bits per heavy atom. The van der Waals surface area contributed by atoms with E-state index in [4.69, 9.17) is 4.74 Å². The van der Waals surface area contributed by atoms with Crippen LogP contribution in [0.5, 0.6) is 5.75 Å². The maximum Gasteiger partial charge on any atom is 0.157 e. The van der Waals surface area contributed by atoms with Crippen molar-refractivity contribution in [3.05, 3.63) is 54.4 Å². The van der Waals surface area contributed by atoms with Gasteiger partial charge in [-0.05, 0) is 24.1 Å². The summed E-state index contributed by atoms with van der Waals surface area (Å²) in [6.45, 7) is 1.47. The van der Waals surface area contributed by atoms with Gasteiger partial charge in [0.2, 0.25) is 0 Å². The molecular formula is C20H19N7O. The van der Waals surface area contributed by atoms with Crippen molar-refractivity contribution < 1.29 is 4.74 Å². The fraction of sp³-hybridized carbons (Fsp3) is 0.250. The molecule has 0 amide bonds. The zero-order valence-electron chi connectivity index (χ0n) is 15.5. The summed E-state index contributed by atoms with van der Waals surface area (Å²) in [5.74, 6) is 1.73. The summed E-state index contributed by atoms with van der Waals surface area (Å²) in [4.78, 5) is 17.6. The van der Waals surface area contributed by atoms with Gasteiger partial charge in [-0.25, -0.2) is 15.0 Å². The number of hydrogen-bond acceptors (Lipinski definition) is 7. The molecule has 140 valence electrons. The minimum atomic E-state index is 0.720. The SMILES string of the molecule is Cn1ncc2cc(-c3cc(NCCc4ccnc5c4OCC5)ncn3)cnc21. The van der Waals surface area contributed by atoms with Crippen LogP contribution >= 0.6 is 0 Å². The second kappa shape index (κ2) is 6.88. The molecule has 4 aromatic heterocycles. The minimum absolute atomic E-state index is 0.720. The van der Waals surface area contributed by atoms with E-state index in [0.717, 1.165) is 65.5 Å². The maximum absolute atomic E-state index is 5.72. The van der Waals surface area contributed by atoms with Crippen LogP contribution in [0, 0.1) is 0 Å². The van der Waals surface area contributed by atoms with Gasteiger partial charge in [-0.1, -0.05) is 0 Å². The van der Waals surface area contributed by atoms with E-state index in [1.54, 1.807) is 17.2 Å². The summed E-state index contributed by atoms with van der Waals surface area (Å²) in [5, 5.41) is 8.59. The van der Waals surface area contributed by atoms with Gasteiger partial charge in [0, 0.05) is 49.4 Å². The molecule has 0 fully saturated rings. The zero-order chi connectivity index (χ0) is 18.9. The van der Waals surface area contributed by atoms with Crippen molar-refractivity contribution in [1.29, 1.82) is 0 Å². The van der Waals surface area contributed by atoms with Crippen molar-refractivity contribution >= 4 is 16.9 Å². The molecule has 5 rings (SSSR count). The highest BCUT2D eigenvalue weighted by molar-refractivity contribution is 5.80. The monoisotopic (exact) mass is 373 g/mol. The molecule has 1 aliphatic heterocycles. The third-order valence-electron chi connectivity index (χ3n) is 4.88. The molecule has 0 radical (unpaired) electrons. The normalized spacial score (nSPS) is 12.8. The molecule has 0 spiro atoms. The highest BCUT2D eigenvalue weighted by Crippen LogP contribution is 2.28. The number of hydrogen-bond donors (Lipinski definition) is 1. The van der Waals surface area contributed by atoms with Crippen LogP contribution < -0.4 is 10.1 Å². The van der Waals surface area contributed by atoms with E-state index in [1.807, 2.05) is 37.6 Å². The first-order chi connectivity index (χ1) is 13.8. The standard InChI is InChI=1S/C20H19N7O/c1-27-20-15(11-26-27)8-14(10-23-20)17-9-18(25-12-24-17)22-6-3-13-2-5-21-16-4-7-28-19(13)16/h2,5,8-12H,3-4,6-7H2,1H3,(H,22,24,25). The number of rotatable bonds is 5. The summed E-state index contributed by atoms with van der Waals surface area (Å²) in [6, 6.07) is 6.00. The lowest BCUT2D eigenvalue weighted by atomic mass is 10.1. The average molecular weight is 373 g/mol. The molecule has 0 bridgehead atoms. The molecule has 0 unspecified atom stereocenters. The average Bonchev–Trinajstić information content (AvgIpc) is 3.35. The van der Waals surface area contributed by atoms with Crippen molar-refractivity contribution in [2.24, 2.45) is 7.05 Å². The van der Waals surface area contributed by atoms with Gasteiger partial charge in [-0.3, -0.25) is 9.67 Å². The van der Waals surface area contributed by atoms with Crippen LogP contribution in [0.4, 0.5) is 5.82 Å². The van der Waals surface area contributed by atoms with E-state index in [0.29, 0.717) is 0 Å². The van der Waals surface area contributed by atoms with Gasteiger partial charge in [0.25, 0.3) is 0 Å². The summed E-state index contributed by atoms with van der Waals surface area (Å²) in [5.41, 5.74) is 4.84. The summed E-state index contributed by atoms with van der Waals surface area (Å²) < 4.78 is 7.47. The van der Waals surface area contributed by atoms with Crippen LogP contribution in [-0.4, -0.2) is 42.9 Å². The van der Waals surface area contributed by atoms with Gasteiger partial charge in [0.15, 0.2) is 5.65 Å². The molecule has 1 N–H and O–H groups in total. The highest BCUT2D eigenvalue weighted by Gasteiger charge is 2.17. The number of anilines is 1. The Bertz CT molecular complexity index is 1150. The van der Waals surface area contributed by atoms with Gasteiger partial charge in [0.05, 0.1) is 24.2 Å². The van der Waals surface area contributed by atoms with Crippen LogP contribution in [0.3, 0.4) is 0 Å². The van der Waals surface area contributed by atoms with Crippen LogP contribution in [0.1, 0.15) is 11.3 Å². The topological polar surface area (TPSA) is 90.6 Å². The van der Waals surface area contributed by atoms with Crippen molar-refractivity contribution in [3.63, 3.8) is 0 Å². The number of nitrogens with one attached hydrogen (secondary N) is 1. The Hall–Kier alpha value is -3.55. The van der Waals surface area contributed by atoms with E-state index in [9.17, 15) is 0 Å². The van der Waals surface area contributed by atoms with E-state index in [2.05, 4.69) is 30.4 Å². The second-order valence-electron chi connectivity index (χ2n) is 6.71. The minimum Gasteiger partial charge on any atom is -0.491 e. The first kappa shape index (κ1) is 16.6. The van der Waals surface area contributed by atoms with E-state index in [-0.39, 0.29) is 0 Å². The Morgan fingerprint density at radius 3 is 3.07 bits per heavy atom. The van der Waals surface area contributed by atoms with Crippen LogP contribution in [0.15, 0.2) is 43.1 Å². The molecule has 8 nitrogen and oxygen atoms in total. The third kappa shape index (κ3) is 3.02. The molecule has 4 aromatic rings. The first-order valence-electron chi connectivity index (χ1n) is 9.21. The lowest BCUT2D eigenvalue weighted by Gasteiger charge is -2.09. The smallest absolute Gasteiger partial charge is 0.157 e. The number of pyridine rings is 2. The van der Waals surface area contributed by atoms with Crippen LogP contribution in [0.25, 0.3) is 22.3 Å². The summed E-state index contributed by atoms with van der Waals surface area (Å²) >= 11 is 0. The predicted molar refractivity (Wildman–Crippen MR) is 105 cm³/mol. The fourth-order valence-electron chi connectivity index (χ4n) is 3.46. The van der Waals surface area contributed by atoms with Crippen molar-refractivity contribution in [1.82, 2.24) is 29.7 Å². The van der Waals surface area contributed by atoms with Crippen LogP contribution in [0.2, 0.25) is 0 Å². The molecule has 5 heterocycles. The second-order valence-corrected chi connectivity index (χ2v) is 6.71. The van der Waals surface area contributed by atoms with Gasteiger partial charge in [-0.2, -0.15) is 5.10 Å². The predicted octanol–water partition coefficient (Wildman–Crippen LogP) is 2.41. The van der Waals surface area contributed by atoms with Crippen molar-refractivity contribution in [3.8, 4) is 17.0 Å². The fourth-order valence-corrected chi connectivity index (χ4v) is 3.46. The summed E-state index contributed by atoms with van der Waals surface area (Å²) in [6.07, 6.45) is 8.77. The van der Waals surface area contributed by atoms with Gasteiger partial charge in [0.1, 0.15) is 17.9 Å². The zero-order valence-corrected chi connectivity index (χ0v) is 15.5. The maximum atomic E-state index is 5.72. The van der Waals surface area contributed by atoms with Crippen LogP contribution in [-0.2, 0) is 19.9 Å². The Kier molecular flexibility index (Phi) is 4.08. The molecule has 0 atom stereocenters. The number of aryl methyl sites for hydroxylation is 1.